The molecule has 7 atom stereocenters. The first-order chi connectivity index (χ1) is 11.2. The van der Waals surface area contributed by atoms with Gasteiger partial charge < -0.3 is 5.11 Å². The number of hydrogen-bond donors (Lipinski definition) is 1. The number of aliphatic hydroxyl groups excluding tert-OH is 1. The molecule has 0 heterocycles. The third kappa shape index (κ3) is 1.95. The van der Waals surface area contributed by atoms with Gasteiger partial charge in [0.15, 0.2) is 5.78 Å². The van der Waals surface area contributed by atoms with Crippen molar-refractivity contribution in [3.8, 4) is 0 Å². The fourth-order valence-electron chi connectivity index (χ4n) is 7.55. The summed E-state index contributed by atoms with van der Waals surface area (Å²) in [5, 5.41) is 10.5. The van der Waals surface area contributed by atoms with Gasteiger partial charge in [0.05, 0.1) is 6.10 Å². The maximum absolute atomic E-state index is 11.9. The van der Waals surface area contributed by atoms with Gasteiger partial charge in [0, 0.05) is 6.42 Å². The molecule has 0 aromatic heterocycles. The van der Waals surface area contributed by atoms with E-state index in [4.69, 9.17) is 0 Å². The van der Waals surface area contributed by atoms with E-state index in [2.05, 4.69) is 20.8 Å². The molecule has 0 saturated heterocycles. The highest BCUT2D eigenvalue weighted by Crippen LogP contribution is 2.70. The van der Waals surface area contributed by atoms with Gasteiger partial charge in [0.25, 0.3) is 0 Å². The highest BCUT2D eigenvalue weighted by Gasteiger charge is 2.63. The molecule has 24 heavy (non-hydrogen) atoms. The topological polar surface area (TPSA) is 37.3 Å². The van der Waals surface area contributed by atoms with Crippen molar-refractivity contribution in [3.63, 3.8) is 0 Å². The monoisotopic (exact) mass is 330 g/mol. The summed E-state index contributed by atoms with van der Waals surface area (Å²) in [7, 11) is 0. The maximum Gasteiger partial charge on any atom is 0.155 e. The number of fused-ring (bicyclic) bond motifs is 5. The molecule has 0 radical (unpaired) electrons. The number of carbonyl (C=O) groups is 1. The number of aliphatic hydroxyl groups is 1. The smallest absolute Gasteiger partial charge is 0.155 e. The summed E-state index contributed by atoms with van der Waals surface area (Å²) in [5.41, 5.74) is 2.08. The van der Waals surface area contributed by atoms with Crippen LogP contribution in [0.15, 0.2) is 11.6 Å². The van der Waals surface area contributed by atoms with Crippen molar-refractivity contribution >= 4 is 5.78 Å². The molecular formula is C22H34O2. The van der Waals surface area contributed by atoms with Crippen LogP contribution in [-0.2, 0) is 4.79 Å². The van der Waals surface area contributed by atoms with Crippen molar-refractivity contribution in [2.24, 2.45) is 34.0 Å². The number of rotatable bonds is 1. The van der Waals surface area contributed by atoms with Crippen molar-refractivity contribution in [1.82, 2.24) is 0 Å². The van der Waals surface area contributed by atoms with Crippen LogP contribution >= 0.6 is 0 Å². The lowest BCUT2D eigenvalue weighted by molar-refractivity contribution is -0.121. The molecule has 0 amide bonds. The van der Waals surface area contributed by atoms with E-state index >= 15 is 0 Å². The highest BCUT2D eigenvalue weighted by molar-refractivity contribution is 5.91. The van der Waals surface area contributed by atoms with Crippen molar-refractivity contribution in [2.75, 3.05) is 0 Å². The van der Waals surface area contributed by atoms with Crippen molar-refractivity contribution in [1.29, 1.82) is 0 Å². The molecule has 3 fully saturated rings. The van der Waals surface area contributed by atoms with Crippen molar-refractivity contribution in [3.05, 3.63) is 11.6 Å². The summed E-state index contributed by atoms with van der Waals surface area (Å²) in [6, 6.07) is 0. The van der Waals surface area contributed by atoms with E-state index in [1.807, 2.05) is 13.0 Å². The Morgan fingerprint density at radius 1 is 1.04 bits per heavy atom. The number of allylic oxidation sites excluding steroid dienone is 1. The predicted octanol–water partition coefficient (Wildman–Crippen LogP) is 4.91. The normalized spacial score (nSPS) is 52.1. The van der Waals surface area contributed by atoms with Crippen LogP contribution in [0.3, 0.4) is 0 Å². The van der Waals surface area contributed by atoms with Gasteiger partial charge in [0.2, 0.25) is 0 Å². The van der Waals surface area contributed by atoms with Crippen LogP contribution < -0.4 is 0 Å². The molecule has 0 aromatic rings. The molecule has 4 aliphatic carbocycles. The lowest BCUT2D eigenvalue weighted by Gasteiger charge is -2.60. The van der Waals surface area contributed by atoms with Gasteiger partial charge in [-0.15, -0.1) is 0 Å². The Bertz CT molecular complexity index is 591. The number of carbonyl (C=O) groups excluding carboxylic acids is 1. The van der Waals surface area contributed by atoms with Gasteiger partial charge in [-0.2, -0.15) is 0 Å². The van der Waals surface area contributed by atoms with Crippen molar-refractivity contribution < 1.29 is 9.90 Å². The summed E-state index contributed by atoms with van der Waals surface area (Å²) < 4.78 is 0. The molecule has 5 unspecified atom stereocenters. The first-order valence-electron chi connectivity index (χ1n) is 10.1. The minimum Gasteiger partial charge on any atom is -0.393 e. The van der Waals surface area contributed by atoms with E-state index in [0.29, 0.717) is 5.78 Å². The Kier molecular flexibility index (Phi) is 3.64. The van der Waals surface area contributed by atoms with Crippen LogP contribution in [-0.4, -0.2) is 17.0 Å². The second kappa shape index (κ2) is 5.19. The molecular weight excluding hydrogens is 296 g/mol. The summed E-state index contributed by atoms with van der Waals surface area (Å²) in [4.78, 5) is 11.9. The van der Waals surface area contributed by atoms with Crippen LogP contribution in [0, 0.1) is 34.0 Å². The zero-order valence-corrected chi connectivity index (χ0v) is 15.9. The van der Waals surface area contributed by atoms with Gasteiger partial charge in [-0.1, -0.05) is 26.3 Å². The largest absolute Gasteiger partial charge is 0.393 e. The molecule has 0 bridgehead atoms. The highest BCUT2D eigenvalue weighted by atomic mass is 16.3. The molecule has 3 saturated carbocycles. The van der Waals surface area contributed by atoms with Crippen LogP contribution in [0.2, 0.25) is 0 Å². The molecule has 0 aromatic carbocycles. The third-order valence-electron chi connectivity index (χ3n) is 9.55. The molecule has 4 aliphatic rings. The fourth-order valence-corrected chi connectivity index (χ4v) is 7.55. The predicted molar refractivity (Wildman–Crippen MR) is 96.5 cm³/mol. The Morgan fingerprint density at radius 3 is 2.46 bits per heavy atom. The minimum atomic E-state index is -0.217. The van der Waals surface area contributed by atoms with Gasteiger partial charge in [-0.25, -0.2) is 0 Å². The summed E-state index contributed by atoms with van der Waals surface area (Å²) in [5.74, 6) is 2.65. The minimum absolute atomic E-state index is 0.0716. The van der Waals surface area contributed by atoms with Gasteiger partial charge in [-0.05, 0) is 91.9 Å². The van der Waals surface area contributed by atoms with Crippen LogP contribution in [0.1, 0.15) is 79.1 Å². The quantitative estimate of drug-likeness (QED) is 0.742. The molecule has 134 valence electrons. The van der Waals surface area contributed by atoms with E-state index in [1.54, 1.807) is 0 Å². The SMILES string of the molecule is C[C@H](O)[C@@]1(C)CCC2C3CCC4=CC(=O)CCC4(C)C3CCC21C. The zero-order valence-electron chi connectivity index (χ0n) is 15.9. The summed E-state index contributed by atoms with van der Waals surface area (Å²) in [6.07, 6.45) is 11.0. The van der Waals surface area contributed by atoms with Gasteiger partial charge in [0.1, 0.15) is 0 Å². The molecule has 4 rings (SSSR count). The Morgan fingerprint density at radius 2 is 1.75 bits per heavy atom. The van der Waals surface area contributed by atoms with E-state index in [0.717, 1.165) is 37.0 Å². The summed E-state index contributed by atoms with van der Waals surface area (Å²) in [6.45, 7) is 9.28. The maximum atomic E-state index is 11.9. The van der Waals surface area contributed by atoms with E-state index in [9.17, 15) is 9.90 Å². The first-order valence-corrected chi connectivity index (χ1v) is 10.1. The molecule has 1 N–H and O–H groups in total. The molecule has 0 spiro atoms. The average molecular weight is 331 g/mol. The fraction of sp³-hybridized carbons (Fsp3) is 0.864. The lowest BCUT2D eigenvalue weighted by Crippen LogP contribution is -2.54. The Labute approximate surface area is 147 Å². The average Bonchev–Trinajstić information content (AvgIpc) is 2.81. The standard InChI is InChI=1S/C22H34O2/c1-14(23)21(3)11-9-19-17-6-5-15-13-16(24)7-10-20(15,2)18(17)8-12-22(19,21)4/h13-14,17-19,23H,5-12H2,1-4H3/t14-,17?,18?,19?,20?,21+,22?/m0/s1. The van der Waals surface area contributed by atoms with E-state index in [-0.39, 0.29) is 22.3 Å². The lowest BCUT2D eigenvalue weighted by atomic mass is 9.45. The Balaban J connectivity index is 1.69. The van der Waals surface area contributed by atoms with Crippen LogP contribution in [0.5, 0.6) is 0 Å². The first kappa shape index (κ1) is 16.8. The van der Waals surface area contributed by atoms with Crippen molar-refractivity contribution in [2.45, 2.75) is 85.2 Å². The van der Waals surface area contributed by atoms with Gasteiger partial charge >= 0.3 is 0 Å². The molecule has 2 heteroatoms. The van der Waals surface area contributed by atoms with Crippen LogP contribution in [0.4, 0.5) is 0 Å². The Hall–Kier alpha value is -0.630. The summed E-state index contributed by atoms with van der Waals surface area (Å²) >= 11 is 0. The van der Waals surface area contributed by atoms with E-state index in [1.165, 1.54) is 37.7 Å². The number of ketones is 1. The van der Waals surface area contributed by atoms with Crippen LogP contribution in [0.25, 0.3) is 0 Å². The third-order valence-corrected chi connectivity index (χ3v) is 9.55. The zero-order chi connectivity index (χ0) is 17.3. The van der Waals surface area contributed by atoms with Gasteiger partial charge in [-0.3, -0.25) is 4.79 Å². The second-order valence-corrected chi connectivity index (χ2v) is 10.1. The molecule has 0 aliphatic heterocycles. The second-order valence-electron chi connectivity index (χ2n) is 10.1. The van der Waals surface area contributed by atoms with E-state index < -0.39 is 0 Å². The number of hydrogen-bond acceptors (Lipinski definition) is 2. The molecule has 2 nitrogen and oxygen atoms in total.